The number of aliphatic carboxylic acids is 1. The number of aliphatic hydroxyl groups is 2. The van der Waals surface area contributed by atoms with E-state index < -0.39 is 36.6 Å². The van der Waals surface area contributed by atoms with Crippen molar-refractivity contribution < 1.29 is 24.9 Å². The second kappa shape index (κ2) is 9.22. The number of rotatable bonds is 9. The molecule has 6 N–H and O–H groups in total. The molecule has 1 aliphatic rings. The minimum Gasteiger partial charge on any atom is -0.480 e. The molecule has 0 unspecified atom stereocenters. The minimum absolute atomic E-state index is 0.157. The summed E-state index contributed by atoms with van der Waals surface area (Å²) in [7, 11) is 0. The Kier molecular flexibility index (Phi) is 6.90. The molecule has 1 aliphatic heterocycles. The predicted molar refractivity (Wildman–Crippen MR) is 108 cm³/mol. The monoisotopic (exact) mass is 426 g/mol. The average molecular weight is 426 g/mol. The first-order chi connectivity index (χ1) is 13.8. The first kappa shape index (κ1) is 21.7. The highest BCUT2D eigenvalue weighted by Crippen LogP contribution is 2.33. The number of hydrogen-bond donors (Lipinski definition) is 5. The van der Waals surface area contributed by atoms with Crippen molar-refractivity contribution in [3.05, 3.63) is 12.7 Å². The topological polar surface area (TPSA) is 169 Å². The van der Waals surface area contributed by atoms with E-state index in [0.29, 0.717) is 34.9 Å². The number of ether oxygens (including phenoxy) is 1. The molecule has 0 aromatic carbocycles. The second-order valence-electron chi connectivity index (χ2n) is 7.20. The smallest absolute Gasteiger partial charge is 0.320 e. The molecule has 2 aromatic rings. The summed E-state index contributed by atoms with van der Waals surface area (Å²) in [6, 6.07) is -0.759. The third-order valence-corrected chi connectivity index (χ3v) is 5.66. The minimum atomic E-state index is -1.16. The molecule has 0 aliphatic carbocycles. The number of carboxylic acids is 1. The van der Waals surface area contributed by atoms with E-state index in [1.165, 1.54) is 24.4 Å². The van der Waals surface area contributed by atoms with Gasteiger partial charge in [-0.2, -0.15) is 11.8 Å². The number of aliphatic hydroxyl groups excluding tert-OH is 2. The maximum atomic E-state index is 10.8. The van der Waals surface area contributed by atoms with Gasteiger partial charge in [-0.25, -0.2) is 15.0 Å². The first-order valence-electron chi connectivity index (χ1n) is 9.31. The number of carboxylic acid groups (broad SMARTS) is 1. The van der Waals surface area contributed by atoms with E-state index in [2.05, 4.69) is 20.3 Å². The van der Waals surface area contributed by atoms with Crippen LogP contribution in [0.25, 0.3) is 11.2 Å². The Labute approximate surface area is 171 Å². The van der Waals surface area contributed by atoms with Crippen molar-refractivity contribution in [3.63, 3.8) is 0 Å². The standard InChI is InChI=1S/C17H26N6O5S/c1-8(2)22-14-11-15(20-6-19-14)23(7-21-11)16-13(25)12(24)10(28-16)5-29-4-3-9(18)17(26)27/h6-10,12-13,16,24-25H,3-5,18H2,1-2H3,(H,26,27)(H,19,20,22)/t9-,10+,12+,13+,16+/m0/s1. The maximum absolute atomic E-state index is 10.8. The molecule has 1 fully saturated rings. The van der Waals surface area contributed by atoms with Crippen molar-refractivity contribution in [3.8, 4) is 0 Å². The number of aromatic nitrogens is 4. The van der Waals surface area contributed by atoms with Crippen molar-refractivity contribution in [1.29, 1.82) is 0 Å². The molecule has 3 rings (SSSR count). The fourth-order valence-electron chi connectivity index (χ4n) is 3.05. The molecule has 0 amide bonds. The van der Waals surface area contributed by atoms with E-state index in [-0.39, 0.29) is 6.04 Å². The van der Waals surface area contributed by atoms with Crippen LogP contribution in [0.3, 0.4) is 0 Å². The lowest BCUT2D eigenvalue weighted by Gasteiger charge is -2.16. The van der Waals surface area contributed by atoms with Crippen LogP contribution in [0.15, 0.2) is 12.7 Å². The van der Waals surface area contributed by atoms with Crippen LogP contribution in [-0.2, 0) is 9.53 Å². The summed E-state index contributed by atoms with van der Waals surface area (Å²) in [5, 5.41) is 32.9. The lowest BCUT2D eigenvalue weighted by Crippen LogP contribution is -2.33. The fraction of sp³-hybridized carbons (Fsp3) is 0.647. The zero-order valence-electron chi connectivity index (χ0n) is 16.2. The number of imidazole rings is 1. The van der Waals surface area contributed by atoms with E-state index in [4.69, 9.17) is 15.6 Å². The van der Waals surface area contributed by atoms with Gasteiger partial charge in [-0.15, -0.1) is 0 Å². The van der Waals surface area contributed by atoms with Gasteiger partial charge in [0.1, 0.15) is 24.6 Å². The van der Waals surface area contributed by atoms with Crippen LogP contribution in [0.4, 0.5) is 5.82 Å². The Morgan fingerprint density at radius 3 is 2.79 bits per heavy atom. The third kappa shape index (κ3) is 4.78. The summed E-state index contributed by atoms with van der Waals surface area (Å²) in [4.78, 5) is 23.6. The van der Waals surface area contributed by atoms with Gasteiger partial charge in [0.25, 0.3) is 0 Å². The maximum Gasteiger partial charge on any atom is 0.320 e. The van der Waals surface area contributed by atoms with Crippen LogP contribution >= 0.6 is 11.8 Å². The van der Waals surface area contributed by atoms with E-state index in [1.807, 2.05) is 13.8 Å². The molecule has 1 saturated heterocycles. The molecule has 160 valence electrons. The van der Waals surface area contributed by atoms with Gasteiger partial charge in [0, 0.05) is 11.8 Å². The number of carbonyl (C=O) groups is 1. The molecular weight excluding hydrogens is 400 g/mol. The third-order valence-electron chi connectivity index (χ3n) is 4.57. The molecule has 2 aromatic heterocycles. The summed E-state index contributed by atoms with van der Waals surface area (Å²) < 4.78 is 7.47. The second-order valence-corrected chi connectivity index (χ2v) is 8.35. The van der Waals surface area contributed by atoms with Gasteiger partial charge in [-0.05, 0) is 26.0 Å². The van der Waals surface area contributed by atoms with E-state index in [1.54, 1.807) is 4.57 Å². The van der Waals surface area contributed by atoms with Crippen LogP contribution in [-0.4, -0.2) is 82.7 Å². The fourth-order valence-corrected chi connectivity index (χ4v) is 4.14. The quantitative estimate of drug-likeness (QED) is 0.337. The molecule has 0 bridgehead atoms. The van der Waals surface area contributed by atoms with Crippen molar-refractivity contribution >= 4 is 34.7 Å². The lowest BCUT2D eigenvalue weighted by atomic mass is 10.1. The van der Waals surface area contributed by atoms with Crippen molar-refractivity contribution in [1.82, 2.24) is 19.5 Å². The SMILES string of the molecule is CC(C)Nc1ncnc2c1ncn2[C@@H]1O[C@H](CSCC[C@H](N)C(=O)O)[C@@H](O)[C@H]1O. The Morgan fingerprint density at radius 1 is 1.34 bits per heavy atom. The Morgan fingerprint density at radius 2 is 2.10 bits per heavy atom. The van der Waals surface area contributed by atoms with Crippen molar-refractivity contribution in [2.45, 2.75) is 56.9 Å². The summed E-state index contributed by atoms with van der Waals surface area (Å²) >= 11 is 1.41. The molecule has 5 atom stereocenters. The summed E-state index contributed by atoms with van der Waals surface area (Å²) in [6.45, 7) is 3.97. The van der Waals surface area contributed by atoms with Crippen LogP contribution in [0.5, 0.6) is 0 Å². The number of nitrogens with zero attached hydrogens (tertiary/aromatic N) is 4. The first-order valence-corrected chi connectivity index (χ1v) is 10.5. The number of thioether (sulfide) groups is 1. The Bertz CT molecular complexity index is 849. The van der Waals surface area contributed by atoms with Gasteiger partial charge in [-0.1, -0.05) is 0 Å². The van der Waals surface area contributed by atoms with Gasteiger partial charge in [-0.3, -0.25) is 9.36 Å². The average Bonchev–Trinajstić information content (AvgIpc) is 3.21. The molecule has 0 radical (unpaired) electrons. The Balaban J connectivity index is 1.68. The van der Waals surface area contributed by atoms with E-state index in [9.17, 15) is 15.0 Å². The lowest BCUT2D eigenvalue weighted by molar-refractivity contribution is -0.138. The highest BCUT2D eigenvalue weighted by molar-refractivity contribution is 7.99. The molecular formula is C17H26N6O5S. The molecule has 3 heterocycles. The van der Waals surface area contributed by atoms with E-state index in [0.717, 1.165) is 0 Å². The highest BCUT2D eigenvalue weighted by atomic mass is 32.2. The van der Waals surface area contributed by atoms with Crippen LogP contribution in [0.1, 0.15) is 26.5 Å². The number of hydrogen-bond acceptors (Lipinski definition) is 10. The Hall–Kier alpha value is -1.99. The van der Waals surface area contributed by atoms with Crippen LogP contribution in [0.2, 0.25) is 0 Å². The van der Waals surface area contributed by atoms with E-state index >= 15 is 0 Å². The van der Waals surface area contributed by atoms with Crippen LogP contribution in [0, 0.1) is 0 Å². The molecule has 0 saturated carbocycles. The zero-order chi connectivity index (χ0) is 21.1. The van der Waals surface area contributed by atoms with Gasteiger partial charge in [0.15, 0.2) is 23.2 Å². The number of nitrogens with two attached hydrogens (primary N) is 1. The van der Waals surface area contributed by atoms with Gasteiger partial charge in [0.05, 0.1) is 12.4 Å². The summed E-state index contributed by atoms with van der Waals surface area (Å²) in [6.07, 6.45) is -0.487. The largest absolute Gasteiger partial charge is 0.480 e. The van der Waals surface area contributed by atoms with Gasteiger partial charge >= 0.3 is 5.97 Å². The highest BCUT2D eigenvalue weighted by Gasteiger charge is 2.44. The molecule has 0 spiro atoms. The number of anilines is 1. The normalized spacial score (nSPS) is 25.6. The zero-order valence-corrected chi connectivity index (χ0v) is 17.0. The summed E-state index contributed by atoms with van der Waals surface area (Å²) in [5.41, 5.74) is 6.51. The van der Waals surface area contributed by atoms with Crippen LogP contribution < -0.4 is 11.1 Å². The van der Waals surface area contributed by atoms with Gasteiger partial charge < -0.3 is 31.1 Å². The van der Waals surface area contributed by atoms with Gasteiger partial charge in [0.2, 0.25) is 0 Å². The van der Waals surface area contributed by atoms with Crippen molar-refractivity contribution in [2.75, 3.05) is 16.8 Å². The van der Waals surface area contributed by atoms with Crippen molar-refractivity contribution in [2.24, 2.45) is 5.73 Å². The number of fused-ring (bicyclic) bond motifs is 1. The predicted octanol–water partition coefficient (Wildman–Crippen LogP) is -0.199. The molecule has 12 heteroatoms. The molecule has 29 heavy (non-hydrogen) atoms. The summed E-state index contributed by atoms with van der Waals surface area (Å²) in [5.74, 6) is 0.437. The number of nitrogens with one attached hydrogen (secondary N) is 1. The molecule has 11 nitrogen and oxygen atoms in total.